The van der Waals surface area contributed by atoms with Crippen molar-refractivity contribution in [3.8, 4) is 0 Å². The zero-order valence-corrected chi connectivity index (χ0v) is 10.3. The van der Waals surface area contributed by atoms with E-state index in [9.17, 15) is 13.2 Å². The number of alkyl halides is 3. The van der Waals surface area contributed by atoms with E-state index in [2.05, 4.69) is 15.9 Å². The Morgan fingerprint density at radius 1 is 1.50 bits per heavy atom. The van der Waals surface area contributed by atoms with Crippen molar-refractivity contribution < 1.29 is 13.2 Å². The monoisotopic (exact) mass is 309 g/mol. The molecule has 0 bridgehead atoms. The molecule has 0 fully saturated rings. The van der Waals surface area contributed by atoms with Crippen molar-refractivity contribution in [2.24, 2.45) is 5.73 Å². The number of hydrogen-bond donors (Lipinski definition) is 1. The molecule has 7 heteroatoms. The quantitative estimate of drug-likeness (QED) is 0.839. The number of hydrogen-bond acceptors (Lipinski definition) is 2. The maximum absolute atomic E-state index is 12.1. The SMILES string of the molecule is Cc1cc(C(N)C(F)(F)F)sc1Br.Cl. The molecule has 1 rings (SSSR count). The van der Waals surface area contributed by atoms with E-state index < -0.39 is 12.2 Å². The van der Waals surface area contributed by atoms with Crippen LogP contribution in [0.1, 0.15) is 16.5 Å². The molecule has 0 aliphatic carbocycles. The van der Waals surface area contributed by atoms with Crippen LogP contribution in [-0.4, -0.2) is 6.18 Å². The number of halogens is 5. The predicted molar refractivity (Wildman–Crippen MR) is 57.0 cm³/mol. The molecule has 0 saturated heterocycles. The van der Waals surface area contributed by atoms with Gasteiger partial charge < -0.3 is 5.73 Å². The van der Waals surface area contributed by atoms with E-state index in [0.717, 1.165) is 16.9 Å². The second-order valence-electron chi connectivity index (χ2n) is 2.62. The van der Waals surface area contributed by atoms with Crippen molar-refractivity contribution in [2.45, 2.75) is 19.1 Å². The first-order valence-electron chi connectivity index (χ1n) is 3.40. The first-order valence-corrected chi connectivity index (χ1v) is 5.01. The molecule has 0 aromatic carbocycles. The Hall–Kier alpha value is 0.220. The van der Waals surface area contributed by atoms with Crippen LogP contribution in [0.3, 0.4) is 0 Å². The average Bonchev–Trinajstić information content (AvgIpc) is 2.29. The average molecular weight is 311 g/mol. The zero-order valence-electron chi connectivity index (χ0n) is 7.06. The molecule has 0 spiro atoms. The maximum Gasteiger partial charge on any atom is 0.408 e. The summed E-state index contributed by atoms with van der Waals surface area (Å²) in [5.74, 6) is 0. The highest BCUT2D eigenvalue weighted by Gasteiger charge is 2.38. The molecule has 1 heterocycles. The van der Waals surface area contributed by atoms with Crippen molar-refractivity contribution in [1.29, 1.82) is 0 Å². The molecule has 2 N–H and O–H groups in total. The van der Waals surface area contributed by atoms with Crippen molar-refractivity contribution in [3.05, 3.63) is 20.3 Å². The molecule has 0 aliphatic heterocycles. The summed E-state index contributed by atoms with van der Waals surface area (Å²) in [4.78, 5) is 0.136. The molecule has 0 saturated carbocycles. The van der Waals surface area contributed by atoms with E-state index in [1.54, 1.807) is 6.92 Å². The van der Waals surface area contributed by atoms with E-state index in [-0.39, 0.29) is 17.3 Å². The Morgan fingerprint density at radius 3 is 2.29 bits per heavy atom. The molecular weight excluding hydrogens is 303 g/mol. The van der Waals surface area contributed by atoms with Gasteiger partial charge in [-0.3, -0.25) is 0 Å². The van der Waals surface area contributed by atoms with Gasteiger partial charge in [-0.05, 0) is 34.5 Å². The highest BCUT2D eigenvalue weighted by atomic mass is 79.9. The molecule has 1 atom stereocenters. The summed E-state index contributed by atoms with van der Waals surface area (Å²) >= 11 is 4.17. The largest absolute Gasteiger partial charge is 0.408 e. The van der Waals surface area contributed by atoms with Gasteiger partial charge in [0.1, 0.15) is 6.04 Å². The second-order valence-corrected chi connectivity index (χ2v) is 5.03. The van der Waals surface area contributed by atoms with E-state index >= 15 is 0 Å². The Bertz CT molecular complexity index is 293. The standard InChI is InChI=1S/C7H7BrF3NS.ClH/c1-3-2-4(13-6(3)8)5(12)7(9,10)11;/h2,5H,12H2,1H3;1H. The van der Waals surface area contributed by atoms with Crippen LogP contribution in [-0.2, 0) is 0 Å². The molecule has 1 aromatic heterocycles. The summed E-state index contributed by atoms with van der Waals surface area (Å²) in [5, 5.41) is 0. The van der Waals surface area contributed by atoms with Gasteiger partial charge in [0.15, 0.2) is 0 Å². The summed E-state index contributed by atoms with van der Waals surface area (Å²) in [5.41, 5.74) is 5.80. The summed E-state index contributed by atoms with van der Waals surface area (Å²) in [6.45, 7) is 1.73. The van der Waals surface area contributed by atoms with Crippen molar-refractivity contribution in [1.82, 2.24) is 0 Å². The van der Waals surface area contributed by atoms with Gasteiger partial charge in [-0.15, -0.1) is 23.7 Å². The summed E-state index contributed by atoms with van der Waals surface area (Å²) < 4.78 is 37.1. The van der Waals surface area contributed by atoms with Crippen LogP contribution in [0.2, 0.25) is 0 Å². The summed E-state index contributed by atoms with van der Waals surface area (Å²) in [6.07, 6.45) is -4.36. The number of thiophene rings is 1. The lowest BCUT2D eigenvalue weighted by Crippen LogP contribution is -2.27. The fraction of sp³-hybridized carbons (Fsp3) is 0.429. The van der Waals surface area contributed by atoms with Gasteiger partial charge in [-0.1, -0.05) is 0 Å². The van der Waals surface area contributed by atoms with E-state index in [1.807, 2.05) is 0 Å². The topological polar surface area (TPSA) is 26.0 Å². The number of nitrogens with two attached hydrogens (primary N) is 1. The Balaban J connectivity index is 0.00000169. The Labute approximate surface area is 98.0 Å². The normalized spacial score (nSPS) is 13.6. The van der Waals surface area contributed by atoms with E-state index in [4.69, 9.17) is 5.73 Å². The van der Waals surface area contributed by atoms with Gasteiger partial charge >= 0.3 is 6.18 Å². The van der Waals surface area contributed by atoms with Crippen LogP contribution < -0.4 is 5.73 Å². The fourth-order valence-electron chi connectivity index (χ4n) is 0.798. The predicted octanol–water partition coefficient (Wildman–Crippen LogP) is 3.80. The third-order valence-electron chi connectivity index (χ3n) is 1.54. The van der Waals surface area contributed by atoms with Crippen LogP contribution in [0.25, 0.3) is 0 Å². The first kappa shape index (κ1) is 14.2. The minimum absolute atomic E-state index is 0. The third-order valence-corrected chi connectivity index (χ3v) is 3.76. The van der Waals surface area contributed by atoms with Crippen LogP contribution in [0, 0.1) is 6.92 Å². The maximum atomic E-state index is 12.1. The van der Waals surface area contributed by atoms with Gasteiger partial charge in [-0.2, -0.15) is 13.2 Å². The summed E-state index contributed by atoms with van der Waals surface area (Å²) in [6, 6.07) is -0.421. The van der Waals surface area contributed by atoms with Crippen molar-refractivity contribution in [3.63, 3.8) is 0 Å². The minimum atomic E-state index is -4.36. The summed E-state index contributed by atoms with van der Waals surface area (Å²) in [7, 11) is 0. The second kappa shape index (κ2) is 4.83. The fourth-order valence-corrected chi connectivity index (χ4v) is 2.40. The van der Waals surface area contributed by atoms with Gasteiger partial charge in [0.05, 0.1) is 3.79 Å². The van der Waals surface area contributed by atoms with Gasteiger partial charge in [0.2, 0.25) is 0 Å². The molecule has 14 heavy (non-hydrogen) atoms. The third kappa shape index (κ3) is 3.12. The van der Waals surface area contributed by atoms with Crippen LogP contribution in [0.15, 0.2) is 9.85 Å². The lowest BCUT2D eigenvalue weighted by atomic mass is 10.2. The Kier molecular flexibility index (Phi) is 4.90. The molecular formula is C7H8BrClF3NS. The van der Waals surface area contributed by atoms with E-state index in [1.165, 1.54) is 6.07 Å². The highest BCUT2D eigenvalue weighted by Crippen LogP contribution is 2.37. The molecule has 82 valence electrons. The van der Waals surface area contributed by atoms with Crippen LogP contribution in [0.5, 0.6) is 0 Å². The lowest BCUT2D eigenvalue weighted by molar-refractivity contribution is -0.148. The number of aryl methyl sites for hydroxylation is 1. The van der Waals surface area contributed by atoms with Gasteiger partial charge in [0, 0.05) is 4.88 Å². The molecule has 0 amide bonds. The van der Waals surface area contributed by atoms with E-state index in [0.29, 0.717) is 3.79 Å². The van der Waals surface area contributed by atoms with Crippen molar-refractivity contribution >= 4 is 39.7 Å². The smallest absolute Gasteiger partial charge is 0.316 e. The highest BCUT2D eigenvalue weighted by molar-refractivity contribution is 9.11. The van der Waals surface area contributed by atoms with Gasteiger partial charge in [-0.25, -0.2) is 0 Å². The number of rotatable bonds is 1. The molecule has 1 aromatic rings. The van der Waals surface area contributed by atoms with Gasteiger partial charge in [0.25, 0.3) is 0 Å². The zero-order chi connectivity index (χ0) is 10.2. The van der Waals surface area contributed by atoms with Crippen LogP contribution in [0.4, 0.5) is 13.2 Å². The van der Waals surface area contributed by atoms with Crippen LogP contribution >= 0.6 is 39.7 Å². The Morgan fingerprint density at radius 2 is 2.00 bits per heavy atom. The molecule has 0 aliphatic rings. The molecule has 0 radical (unpaired) electrons. The van der Waals surface area contributed by atoms with Crippen molar-refractivity contribution in [2.75, 3.05) is 0 Å². The molecule has 1 nitrogen and oxygen atoms in total. The minimum Gasteiger partial charge on any atom is -0.316 e. The first-order chi connectivity index (χ1) is 5.82. The lowest BCUT2D eigenvalue weighted by Gasteiger charge is -2.12. The molecule has 1 unspecified atom stereocenters.